The maximum atomic E-state index is 15.6. The Labute approximate surface area is 308 Å². The molecule has 2 fully saturated rings. The topological polar surface area (TPSA) is 168 Å². The van der Waals surface area contributed by atoms with Gasteiger partial charge in [0.1, 0.15) is 27.9 Å². The smallest absolute Gasteiger partial charge is 0.317 e. The van der Waals surface area contributed by atoms with Crippen LogP contribution in [0.25, 0.3) is 10.9 Å². The molecule has 0 spiro atoms. The molecule has 1 aromatic carbocycles. The van der Waals surface area contributed by atoms with Gasteiger partial charge in [-0.25, -0.2) is 22.6 Å². The molecule has 2 aliphatic heterocycles. The molecule has 4 atom stereocenters. The Kier molecular flexibility index (Phi) is 10.8. The van der Waals surface area contributed by atoms with Crippen molar-refractivity contribution < 1.29 is 36.7 Å². The summed E-state index contributed by atoms with van der Waals surface area (Å²) in [6.07, 6.45) is 7.10. The number of aromatic nitrogens is 1. The van der Waals surface area contributed by atoms with Gasteiger partial charge in [-0.3, -0.25) is 19.3 Å². The van der Waals surface area contributed by atoms with Crippen molar-refractivity contribution in [3.63, 3.8) is 0 Å². The highest BCUT2D eigenvalue weighted by molar-refractivity contribution is 8.14. The number of hydrogen-bond donors (Lipinski definition) is 3. The number of urea groups is 1. The first-order valence-corrected chi connectivity index (χ1v) is 20.2. The van der Waals surface area contributed by atoms with Gasteiger partial charge in [0.25, 0.3) is 5.91 Å². The zero-order chi connectivity index (χ0) is 37.4. The number of halogens is 1. The Balaban J connectivity index is 1.26. The maximum Gasteiger partial charge on any atom is 0.317 e. The number of amides is 4. The summed E-state index contributed by atoms with van der Waals surface area (Å²) >= 11 is 1.54. The van der Waals surface area contributed by atoms with Crippen molar-refractivity contribution >= 4 is 55.6 Å². The van der Waals surface area contributed by atoms with Crippen LogP contribution >= 0.6 is 11.8 Å². The molecular weight excluding hydrogens is 712 g/mol. The molecule has 16 heteroatoms. The van der Waals surface area contributed by atoms with E-state index in [0.29, 0.717) is 53.6 Å². The lowest BCUT2D eigenvalue weighted by molar-refractivity contribution is -0.130. The molecule has 6 rings (SSSR count). The van der Waals surface area contributed by atoms with Crippen LogP contribution in [0.4, 0.5) is 9.18 Å². The first kappa shape index (κ1) is 37.8. The minimum atomic E-state index is -3.96. The number of sulfonamides is 1. The zero-order valence-corrected chi connectivity index (χ0v) is 31.8. The number of fused-ring (bicyclic) bond motifs is 2. The van der Waals surface area contributed by atoms with Gasteiger partial charge >= 0.3 is 6.03 Å². The molecule has 2 saturated carbocycles. The third kappa shape index (κ3) is 7.73. The quantitative estimate of drug-likeness (QED) is 0.300. The second-order valence-corrected chi connectivity index (χ2v) is 17.9. The number of carbonyl (C=O) groups excluding carboxylic acids is 3. The Morgan fingerprint density at radius 3 is 2.67 bits per heavy atom. The van der Waals surface area contributed by atoms with Crippen LogP contribution in [-0.2, 0) is 19.6 Å². The molecule has 4 aliphatic rings. The molecule has 52 heavy (non-hydrogen) atoms. The Morgan fingerprint density at radius 1 is 1.21 bits per heavy atom. The summed E-state index contributed by atoms with van der Waals surface area (Å²) in [5.74, 6) is -1.09. The number of nitrogens with one attached hydrogen (secondary N) is 3. The summed E-state index contributed by atoms with van der Waals surface area (Å²) in [6, 6.07) is 3.29. The molecule has 3 N–H and O–H groups in total. The van der Waals surface area contributed by atoms with Gasteiger partial charge < -0.3 is 25.0 Å². The zero-order valence-electron chi connectivity index (χ0n) is 30.2. The van der Waals surface area contributed by atoms with Gasteiger partial charge in [-0.2, -0.15) is 0 Å². The predicted molar refractivity (Wildman–Crippen MR) is 198 cm³/mol. The van der Waals surface area contributed by atoms with Crippen molar-refractivity contribution in [2.75, 3.05) is 33.1 Å². The highest BCUT2D eigenvalue weighted by atomic mass is 32.2. The van der Waals surface area contributed by atoms with Crippen LogP contribution in [0.3, 0.4) is 0 Å². The van der Waals surface area contributed by atoms with Crippen LogP contribution in [-0.4, -0.2) is 96.6 Å². The van der Waals surface area contributed by atoms with Crippen molar-refractivity contribution in [3.05, 3.63) is 41.9 Å². The van der Waals surface area contributed by atoms with E-state index in [0.717, 1.165) is 18.6 Å². The van der Waals surface area contributed by atoms with E-state index >= 15 is 4.39 Å². The van der Waals surface area contributed by atoms with E-state index in [1.54, 1.807) is 26.1 Å². The number of nitrogens with zero attached hydrogens (tertiary/aromatic N) is 3. The van der Waals surface area contributed by atoms with Gasteiger partial charge in [-0.1, -0.05) is 26.0 Å². The Morgan fingerprint density at radius 2 is 1.98 bits per heavy atom. The normalized spacial score (nSPS) is 26.8. The largest absolute Gasteiger partial charge is 0.494 e. The van der Waals surface area contributed by atoms with Crippen LogP contribution in [0.2, 0.25) is 0 Å². The van der Waals surface area contributed by atoms with Gasteiger partial charge in [-0.05, 0) is 63.5 Å². The number of allylic oxidation sites excluding steroid dienone is 1. The van der Waals surface area contributed by atoms with Gasteiger partial charge in [0.2, 0.25) is 15.9 Å². The molecule has 0 bridgehead atoms. The van der Waals surface area contributed by atoms with Gasteiger partial charge in [0.15, 0.2) is 11.6 Å². The van der Waals surface area contributed by atoms with Crippen molar-refractivity contribution in [1.29, 1.82) is 0 Å². The SMILES string of the molecule is COc1ccc2c(OCCC3NC(=O)N(C)CCCC/C=C\C4CC4(C(=O)NS(=O)(=O)C4(C)CC4)NC3=O)cc(C3=NC(C(C)C)CS3)nc2c1F. The van der Waals surface area contributed by atoms with Crippen molar-refractivity contribution in [2.45, 2.75) is 88.1 Å². The number of benzene rings is 1. The second-order valence-electron chi connectivity index (χ2n) is 14.7. The number of methoxy groups -OCH3 is 1. The van der Waals surface area contributed by atoms with Gasteiger partial charge in [0.05, 0.1) is 30.2 Å². The summed E-state index contributed by atoms with van der Waals surface area (Å²) in [4.78, 5) is 51.8. The minimum absolute atomic E-state index is 0.0249. The number of pyridine rings is 1. The molecular formula is C36H47FN6O7S2. The lowest BCUT2D eigenvalue weighted by Crippen LogP contribution is -2.58. The molecule has 1 aromatic heterocycles. The molecule has 282 valence electrons. The standard InChI is InChI=1S/C36H47FN6O7S2/c1-21(2)26-20-51-32(39-26)25-18-28(23-11-12-27(49-5)29(37)30(23)38-25)50-17-13-24-31(44)41-36(33(45)42-52(47,48)35(3)14-15-35)19-22(36)10-8-6-7-9-16-43(4)34(46)40-24/h8,10-12,18,21-22,24,26H,6-7,9,13-17,19-20H2,1-5H3,(H,40,46)(H,41,44)(H,42,45)/b10-8-. The molecule has 0 saturated heterocycles. The monoisotopic (exact) mass is 758 g/mol. The van der Waals surface area contributed by atoms with E-state index in [1.165, 1.54) is 29.8 Å². The number of rotatable bonds is 10. The summed E-state index contributed by atoms with van der Waals surface area (Å²) in [6.45, 7) is 6.15. The molecule has 0 radical (unpaired) electrons. The minimum Gasteiger partial charge on any atom is -0.494 e. The van der Waals surface area contributed by atoms with Crippen molar-refractivity contribution in [2.24, 2.45) is 16.8 Å². The van der Waals surface area contributed by atoms with Crippen molar-refractivity contribution in [3.8, 4) is 11.5 Å². The summed E-state index contributed by atoms with van der Waals surface area (Å²) in [5, 5.41) is 6.65. The Bertz CT molecular complexity index is 1920. The fraction of sp³-hybridized carbons (Fsp3) is 0.583. The number of ether oxygens (including phenoxy) is 2. The highest BCUT2D eigenvalue weighted by Gasteiger charge is 2.62. The van der Waals surface area contributed by atoms with Crippen LogP contribution in [0, 0.1) is 17.7 Å². The summed E-state index contributed by atoms with van der Waals surface area (Å²) in [7, 11) is -0.952. The molecule has 13 nitrogen and oxygen atoms in total. The lowest BCUT2D eigenvalue weighted by Gasteiger charge is -2.26. The first-order valence-electron chi connectivity index (χ1n) is 17.8. The van der Waals surface area contributed by atoms with Crippen LogP contribution in [0.5, 0.6) is 11.5 Å². The van der Waals surface area contributed by atoms with Crippen LogP contribution in [0.1, 0.15) is 71.4 Å². The summed E-state index contributed by atoms with van der Waals surface area (Å²) < 4.78 is 54.3. The summed E-state index contributed by atoms with van der Waals surface area (Å²) in [5.41, 5.74) is -1.000. The number of hydrogen-bond acceptors (Lipinski definition) is 10. The maximum absolute atomic E-state index is 15.6. The van der Waals surface area contributed by atoms with Gasteiger partial charge in [0, 0.05) is 43.1 Å². The second kappa shape index (κ2) is 14.8. The number of carbonyl (C=O) groups is 3. The molecule has 3 heterocycles. The van der Waals surface area contributed by atoms with E-state index in [1.807, 2.05) is 12.2 Å². The predicted octanol–water partition coefficient (Wildman–Crippen LogP) is 4.29. The third-order valence-corrected chi connectivity index (χ3v) is 13.7. The first-order chi connectivity index (χ1) is 24.7. The lowest BCUT2D eigenvalue weighted by atomic mass is 10.1. The van der Waals surface area contributed by atoms with Crippen molar-refractivity contribution in [1.82, 2.24) is 25.2 Å². The van der Waals surface area contributed by atoms with E-state index in [-0.39, 0.29) is 36.8 Å². The van der Waals surface area contributed by atoms with E-state index < -0.39 is 55.9 Å². The average molecular weight is 759 g/mol. The Hall–Kier alpha value is -3.92. The van der Waals surface area contributed by atoms with E-state index in [9.17, 15) is 22.8 Å². The number of thioether (sulfide) groups is 1. The van der Waals surface area contributed by atoms with Crippen LogP contribution in [0.15, 0.2) is 35.3 Å². The fourth-order valence-corrected chi connectivity index (χ4v) is 8.89. The number of aliphatic imine (C=N–C) groups is 1. The third-order valence-electron chi connectivity index (χ3n) is 10.4. The van der Waals surface area contributed by atoms with Gasteiger partial charge in [-0.15, -0.1) is 11.8 Å². The highest BCUT2D eigenvalue weighted by Crippen LogP contribution is 2.47. The fourth-order valence-electron chi connectivity index (χ4n) is 6.32. The molecule has 4 unspecified atom stereocenters. The molecule has 2 aromatic rings. The van der Waals surface area contributed by atoms with E-state index in [2.05, 4.69) is 34.2 Å². The molecule has 4 amide bonds. The molecule has 2 aliphatic carbocycles. The van der Waals surface area contributed by atoms with E-state index in [4.69, 9.17) is 14.5 Å². The van der Waals surface area contributed by atoms with Crippen LogP contribution < -0.4 is 24.8 Å². The average Bonchev–Trinajstić information content (AvgIpc) is 3.96.